The minimum atomic E-state index is 0.624. The van der Waals surface area contributed by atoms with Crippen molar-refractivity contribution < 1.29 is 0 Å². The molecule has 1 N–H and O–H groups in total. The van der Waals surface area contributed by atoms with Crippen LogP contribution in [0.15, 0.2) is 5.38 Å². The van der Waals surface area contributed by atoms with Crippen molar-refractivity contribution in [3.63, 3.8) is 0 Å². The van der Waals surface area contributed by atoms with Crippen LogP contribution in [0.5, 0.6) is 0 Å². The quantitative estimate of drug-likeness (QED) is 0.828. The number of rotatable bonds is 2. The molecule has 2 nitrogen and oxygen atoms in total. The van der Waals surface area contributed by atoms with Crippen LogP contribution in [0.4, 0.5) is 5.13 Å². The van der Waals surface area contributed by atoms with Crippen molar-refractivity contribution in [2.75, 3.05) is 5.32 Å². The van der Waals surface area contributed by atoms with E-state index in [9.17, 15) is 0 Å². The van der Waals surface area contributed by atoms with E-state index in [-0.39, 0.29) is 0 Å². The number of hydrogen-bond donors (Lipinski definition) is 1. The molecule has 1 saturated carbocycles. The minimum Gasteiger partial charge on any atom is -0.359 e. The van der Waals surface area contributed by atoms with Crippen LogP contribution >= 0.6 is 11.3 Å². The lowest BCUT2D eigenvalue weighted by atomic mass is 9.78. The van der Waals surface area contributed by atoms with Gasteiger partial charge in [-0.3, -0.25) is 0 Å². The van der Waals surface area contributed by atoms with E-state index >= 15 is 0 Å². The zero-order valence-corrected chi connectivity index (χ0v) is 10.6. The molecule has 0 radical (unpaired) electrons. The molecule has 0 aliphatic heterocycles. The van der Waals surface area contributed by atoms with Crippen LogP contribution in [0, 0.1) is 18.8 Å². The second kappa shape index (κ2) is 4.52. The average Bonchev–Trinajstić information content (AvgIpc) is 2.59. The predicted octanol–water partition coefficient (Wildman–Crippen LogP) is 3.69. The van der Waals surface area contributed by atoms with Gasteiger partial charge in [0.2, 0.25) is 0 Å². The summed E-state index contributed by atoms with van der Waals surface area (Å²) >= 11 is 1.72. The summed E-state index contributed by atoms with van der Waals surface area (Å²) in [6, 6.07) is 0.624. The van der Waals surface area contributed by atoms with Gasteiger partial charge in [0.05, 0.1) is 5.69 Å². The Morgan fingerprint density at radius 1 is 1.40 bits per heavy atom. The van der Waals surface area contributed by atoms with Crippen molar-refractivity contribution in [2.45, 2.75) is 46.1 Å². The molecule has 3 atom stereocenters. The summed E-state index contributed by atoms with van der Waals surface area (Å²) < 4.78 is 0. The van der Waals surface area contributed by atoms with Crippen molar-refractivity contribution in [1.82, 2.24) is 4.98 Å². The topological polar surface area (TPSA) is 24.9 Å². The maximum atomic E-state index is 4.47. The van der Waals surface area contributed by atoms with E-state index in [4.69, 9.17) is 0 Å². The molecule has 0 amide bonds. The van der Waals surface area contributed by atoms with Crippen molar-refractivity contribution in [3.05, 3.63) is 11.1 Å². The first-order valence-corrected chi connectivity index (χ1v) is 6.73. The fourth-order valence-corrected chi connectivity index (χ4v) is 3.12. The maximum absolute atomic E-state index is 4.47. The molecule has 0 spiro atoms. The predicted molar refractivity (Wildman–Crippen MR) is 66.4 cm³/mol. The Balaban J connectivity index is 1.99. The zero-order chi connectivity index (χ0) is 10.8. The number of aromatic nitrogens is 1. The van der Waals surface area contributed by atoms with Crippen molar-refractivity contribution in [2.24, 2.45) is 11.8 Å². The van der Waals surface area contributed by atoms with Gasteiger partial charge in [0.15, 0.2) is 5.13 Å². The average molecular weight is 224 g/mol. The van der Waals surface area contributed by atoms with Gasteiger partial charge in [0.25, 0.3) is 0 Å². The molecule has 0 bridgehead atoms. The van der Waals surface area contributed by atoms with Crippen molar-refractivity contribution >= 4 is 16.5 Å². The summed E-state index contributed by atoms with van der Waals surface area (Å²) in [5, 5.41) is 6.80. The van der Waals surface area contributed by atoms with E-state index < -0.39 is 0 Å². The van der Waals surface area contributed by atoms with Gasteiger partial charge in [-0.05, 0) is 25.2 Å². The van der Waals surface area contributed by atoms with Crippen LogP contribution in [0.2, 0.25) is 0 Å². The molecule has 2 rings (SSSR count). The third-order valence-electron chi connectivity index (χ3n) is 3.63. The van der Waals surface area contributed by atoms with Crippen molar-refractivity contribution in [3.8, 4) is 0 Å². The third kappa shape index (κ3) is 2.51. The highest BCUT2D eigenvalue weighted by molar-refractivity contribution is 7.13. The Kier molecular flexibility index (Phi) is 3.29. The molecule has 3 unspecified atom stereocenters. The second-order valence-corrected chi connectivity index (χ2v) is 5.67. The molecule has 1 aromatic heterocycles. The van der Waals surface area contributed by atoms with Gasteiger partial charge in [0.1, 0.15) is 0 Å². The van der Waals surface area contributed by atoms with Gasteiger partial charge in [-0.15, -0.1) is 11.3 Å². The molecule has 0 saturated heterocycles. The number of aryl methyl sites for hydroxylation is 1. The van der Waals surface area contributed by atoms with Gasteiger partial charge >= 0.3 is 0 Å². The number of thiazole rings is 1. The van der Waals surface area contributed by atoms with Crippen LogP contribution in [0.1, 0.15) is 38.8 Å². The largest absolute Gasteiger partial charge is 0.359 e. The van der Waals surface area contributed by atoms with Gasteiger partial charge in [-0.25, -0.2) is 4.98 Å². The lowest BCUT2D eigenvalue weighted by molar-refractivity contribution is 0.253. The van der Waals surface area contributed by atoms with Crippen LogP contribution < -0.4 is 5.32 Å². The highest BCUT2D eigenvalue weighted by Crippen LogP contribution is 2.32. The summed E-state index contributed by atoms with van der Waals surface area (Å²) in [5.41, 5.74) is 1.12. The van der Waals surface area contributed by atoms with E-state index in [0.717, 1.165) is 22.7 Å². The fourth-order valence-electron chi connectivity index (χ4n) is 2.36. The number of anilines is 1. The van der Waals surface area contributed by atoms with Gasteiger partial charge in [0, 0.05) is 11.4 Å². The Morgan fingerprint density at radius 2 is 2.20 bits per heavy atom. The molecule has 1 fully saturated rings. The highest BCUT2D eigenvalue weighted by Gasteiger charge is 2.27. The van der Waals surface area contributed by atoms with E-state index in [0.29, 0.717) is 6.04 Å². The van der Waals surface area contributed by atoms with Crippen LogP contribution in [0.3, 0.4) is 0 Å². The lowest BCUT2D eigenvalue weighted by Gasteiger charge is -2.34. The Morgan fingerprint density at radius 3 is 2.87 bits per heavy atom. The smallest absolute Gasteiger partial charge is 0.183 e. The first kappa shape index (κ1) is 10.9. The van der Waals surface area contributed by atoms with Crippen molar-refractivity contribution in [1.29, 1.82) is 0 Å². The van der Waals surface area contributed by atoms with E-state index in [1.54, 1.807) is 11.3 Å². The van der Waals surface area contributed by atoms with Gasteiger partial charge < -0.3 is 5.32 Å². The van der Waals surface area contributed by atoms with Crippen LogP contribution in [0.25, 0.3) is 0 Å². The lowest BCUT2D eigenvalue weighted by Crippen LogP contribution is -2.34. The van der Waals surface area contributed by atoms with E-state index in [1.807, 2.05) is 0 Å². The zero-order valence-electron chi connectivity index (χ0n) is 9.79. The first-order chi connectivity index (χ1) is 7.16. The molecular formula is C12H20N2S. The van der Waals surface area contributed by atoms with Gasteiger partial charge in [-0.1, -0.05) is 26.7 Å². The molecular weight excluding hydrogens is 204 g/mol. The fraction of sp³-hybridized carbons (Fsp3) is 0.750. The van der Waals surface area contributed by atoms with E-state index in [2.05, 4.69) is 36.5 Å². The molecule has 84 valence electrons. The molecule has 0 aromatic carbocycles. The molecule has 1 aromatic rings. The molecule has 15 heavy (non-hydrogen) atoms. The standard InChI is InChI=1S/C12H20N2S/c1-8-5-4-6-11(10(8)3)14-12-13-9(2)7-15-12/h7-8,10-11H,4-6H2,1-3H3,(H,13,14). The maximum Gasteiger partial charge on any atom is 0.183 e. The summed E-state index contributed by atoms with van der Waals surface area (Å²) in [7, 11) is 0. The normalized spacial score (nSPS) is 31.5. The summed E-state index contributed by atoms with van der Waals surface area (Å²) in [5.74, 6) is 1.61. The van der Waals surface area contributed by atoms with Crippen LogP contribution in [-0.2, 0) is 0 Å². The third-order valence-corrected chi connectivity index (χ3v) is 4.53. The van der Waals surface area contributed by atoms with Gasteiger partial charge in [-0.2, -0.15) is 0 Å². The second-order valence-electron chi connectivity index (χ2n) is 4.81. The molecule has 3 heteroatoms. The molecule has 1 heterocycles. The summed E-state index contributed by atoms with van der Waals surface area (Å²) in [4.78, 5) is 4.47. The Hall–Kier alpha value is -0.570. The first-order valence-electron chi connectivity index (χ1n) is 5.85. The molecule has 1 aliphatic carbocycles. The highest BCUT2D eigenvalue weighted by atomic mass is 32.1. The number of hydrogen-bond acceptors (Lipinski definition) is 3. The Bertz CT molecular complexity index is 321. The van der Waals surface area contributed by atoms with Crippen LogP contribution in [-0.4, -0.2) is 11.0 Å². The summed E-state index contributed by atoms with van der Waals surface area (Å²) in [6.45, 7) is 6.78. The minimum absolute atomic E-state index is 0.624. The SMILES string of the molecule is Cc1csc(NC2CCCC(C)C2C)n1. The molecule has 1 aliphatic rings. The Labute approximate surface area is 96.1 Å². The van der Waals surface area contributed by atoms with E-state index in [1.165, 1.54) is 19.3 Å². The number of nitrogens with one attached hydrogen (secondary N) is 1. The summed E-state index contributed by atoms with van der Waals surface area (Å²) in [6.07, 6.45) is 4.04. The monoisotopic (exact) mass is 224 g/mol. The number of nitrogens with zero attached hydrogens (tertiary/aromatic N) is 1.